The number of fused-ring (bicyclic) bond motifs is 5. The number of allylic oxidation sites excluding steroid dienone is 1. The average Bonchev–Trinajstić information content (AvgIpc) is 3.58. The van der Waals surface area contributed by atoms with Gasteiger partial charge in [-0.1, -0.05) is 65.5 Å². The number of nitrogen functional groups attached to an aromatic ring is 1. The molecular formula is C47H77N7. The van der Waals surface area contributed by atoms with Gasteiger partial charge in [-0.15, -0.1) is 0 Å². The van der Waals surface area contributed by atoms with Crippen molar-refractivity contribution in [3.8, 4) is 0 Å². The minimum Gasteiger partial charge on any atom is -0.399 e. The van der Waals surface area contributed by atoms with Gasteiger partial charge in [0.1, 0.15) is 0 Å². The summed E-state index contributed by atoms with van der Waals surface area (Å²) in [6.07, 6.45) is 24.5. The summed E-state index contributed by atoms with van der Waals surface area (Å²) < 4.78 is 0. The first-order valence-corrected chi connectivity index (χ1v) is 22.1. The molecule has 0 spiro atoms. The number of nitrogens with one attached hydrogen (secondary N) is 2. The van der Waals surface area contributed by atoms with Crippen LogP contribution in [0.2, 0.25) is 0 Å². The fourth-order valence-corrected chi connectivity index (χ4v) is 12.0. The van der Waals surface area contributed by atoms with E-state index in [9.17, 15) is 0 Å². The smallest absolute Gasteiger partial charge is 0.0564 e. The van der Waals surface area contributed by atoms with Crippen LogP contribution >= 0.6 is 0 Å². The molecule has 6 rings (SSSR count). The lowest BCUT2D eigenvalue weighted by Crippen LogP contribution is -2.54. The number of hydrogen-bond donors (Lipinski definition) is 3. The Kier molecular flexibility index (Phi) is 14.2. The molecular weight excluding hydrogens is 663 g/mol. The molecule has 7 nitrogen and oxygen atoms in total. The van der Waals surface area contributed by atoms with Crippen molar-refractivity contribution >= 4 is 11.4 Å². The highest BCUT2D eigenvalue weighted by atomic mass is 15.2. The number of likely N-dealkylation sites (N-methyl/N-ethyl adjacent to an activating group) is 2. The summed E-state index contributed by atoms with van der Waals surface area (Å²) in [6, 6.07) is 8.75. The van der Waals surface area contributed by atoms with Gasteiger partial charge in [0.05, 0.1) is 11.4 Å². The highest BCUT2D eigenvalue weighted by molar-refractivity contribution is 5.43. The van der Waals surface area contributed by atoms with E-state index in [4.69, 9.17) is 5.73 Å². The van der Waals surface area contributed by atoms with Crippen molar-refractivity contribution < 1.29 is 0 Å². The van der Waals surface area contributed by atoms with Crippen LogP contribution in [0.15, 0.2) is 48.3 Å². The SMILES string of the molecule is CC(C)CCC[C@@H](C)[C@H]1CC[C@@H]2C1CC[C@H]1[C@@]2(C)CC=C2C[C@H](NCCCCNc3ccnc(CN(C)CCN(C)Cc4cc(N)ccn4)c3)CC[C@@]21C. The van der Waals surface area contributed by atoms with Crippen molar-refractivity contribution in [1.82, 2.24) is 25.1 Å². The minimum absolute atomic E-state index is 0.422. The molecule has 0 aliphatic heterocycles. The Labute approximate surface area is 330 Å². The molecule has 0 bridgehead atoms. The summed E-state index contributed by atoms with van der Waals surface area (Å²) in [5.74, 6) is 5.57. The van der Waals surface area contributed by atoms with Gasteiger partial charge in [0, 0.05) is 62.5 Å². The molecule has 0 amide bonds. The molecule has 8 atom stereocenters. The molecule has 3 saturated carbocycles. The Balaban J connectivity index is 0.887. The van der Waals surface area contributed by atoms with E-state index >= 15 is 0 Å². The zero-order valence-corrected chi connectivity index (χ0v) is 35.4. The summed E-state index contributed by atoms with van der Waals surface area (Å²) in [4.78, 5) is 13.7. The van der Waals surface area contributed by atoms with Crippen molar-refractivity contribution in [2.75, 3.05) is 51.3 Å². The molecule has 2 aromatic rings. The lowest BCUT2D eigenvalue weighted by Gasteiger charge is -2.61. The highest BCUT2D eigenvalue weighted by Crippen LogP contribution is 2.68. The van der Waals surface area contributed by atoms with Crippen LogP contribution in [0.5, 0.6) is 0 Å². The van der Waals surface area contributed by atoms with Crippen molar-refractivity contribution in [2.45, 2.75) is 137 Å². The second-order valence-electron chi connectivity index (χ2n) is 19.4. The van der Waals surface area contributed by atoms with Crippen LogP contribution < -0.4 is 16.4 Å². The second-order valence-corrected chi connectivity index (χ2v) is 19.4. The fourth-order valence-electron chi connectivity index (χ4n) is 12.0. The Bertz CT molecular complexity index is 1510. The van der Waals surface area contributed by atoms with Gasteiger partial charge in [-0.2, -0.15) is 0 Å². The van der Waals surface area contributed by atoms with Crippen LogP contribution in [0, 0.1) is 46.3 Å². The molecule has 2 aromatic heterocycles. The maximum atomic E-state index is 5.92. The van der Waals surface area contributed by atoms with Crippen LogP contribution in [-0.4, -0.2) is 66.1 Å². The number of anilines is 2. The summed E-state index contributed by atoms with van der Waals surface area (Å²) in [6.45, 7) is 18.5. The van der Waals surface area contributed by atoms with Crippen LogP contribution in [0.1, 0.15) is 129 Å². The molecule has 300 valence electrons. The minimum atomic E-state index is 0.422. The largest absolute Gasteiger partial charge is 0.399 e. The van der Waals surface area contributed by atoms with Gasteiger partial charge in [-0.3, -0.25) is 19.8 Å². The van der Waals surface area contributed by atoms with Crippen LogP contribution in [0.4, 0.5) is 11.4 Å². The van der Waals surface area contributed by atoms with E-state index in [-0.39, 0.29) is 0 Å². The topological polar surface area (TPSA) is 82.3 Å². The first-order chi connectivity index (χ1) is 25.9. The van der Waals surface area contributed by atoms with Gasteiger partial charge >= 0.3 is 0 Å². The summed E-state index contributed by atoms with van der Waals surface area (Å²) in [5, 5.41) is 7.67. The Morgan fingerprint density at radius 3 is 2.31 bits per heavy atom. The number of nitrogens with zero attached hydrogens (tertiary/aromatic N) is 4. The number of rotatable bonds is 19. The lowest BCUT2D eigenvalue weighted by molar-refractivity contribution is -0.0712. The van der Waals surface area contributed by atoms with Crippen molar-refractivity contribution in [3.05, 3.63) is 59.7 Å². The van der Waals surface area contributed by atoms with E-state index in [1.54, 1.807) is 6.20 Å². The predicted octanol–water partition coefficient (Wildman–Crippen LogP) is 9.81. The molecule has 54 heavy (non-hydrogen) atoms. The lowest BCUT2D eigenvalue weighted by atomic mass is 9.44. The third-order valence-corrected chi connectivity index (χ3v) is 15.0. The monoisotopic (exact) mass is 740 g/mol. The molecule has 1 unspecified atom stereocenters. The normalized spacial score (nSPS) is 29.9. The zero-order valence-electron chi connectivity index (χ0n) is 35.4. The van der Waals surface area contributed by atoms with E-state index in [0.717, 1.165) is 91.9 Å². The summed E-state index contributed by atoms with van der Waals surface area (Å²) >= 11 is 0. The van der Waals surface area contributed by atoms with Crippen molar-refractivity contribution in [3.63, 3.8) is 0 Å². The van der Waals surface area contributed by atoms with Crippen molar-refractivity contribution in [1.29, 1.82) is 0 Å². The van der Waals surface area contributed by atoms with E-state index in [2.05, 4.69) is 97.3 Å². The maximum Gasteiger partial charge on any atom is 0.0564 e. The second kappa shape index (κ2) is 18.6. The number of pyridine rings is 2. The standard InChI is InChI=1S/C47H77N7/c1-34(2)11-10-12-35(3)42-13-15-44-43(42)14-16-45-46(4)22-18-38(29-36(46)17-21-47(44,45)5)49-23-8-9-24-50-39-20-26-52-41(31-39)33-54(7)28-27-53(6)32-40-30-37(48)19-25-51-40/h17,19-20,25-26,30-31,34-35,38,42-45,49H,8-16,18,21-24,27-29,32-33H2,1-7H3,(H2,48,51)(H,50,52)/t35-,38-,42-,43?,44-,45-,46+,47+/m1/s1. The van der Waals surface area contributed by atoms with Gasteiger partial charge < -0.3 is 16.4 Å². The fraction of sp³-hybridized carbons (Fsp3) is 0.745. The molecule has 7 heteroatoms. The molecule has 0 radical (unpaired) electrons. The third-order valence-electron chi connectivity index (χ3n) is 15.0. The van der Waals surface area contributed by atoms with E-state index in [0.29, 0.717) is 16.9 Å². The first kappa shape index (κ1) is 41.2. The van der Waals surface area contributed by atoms with Gasteiger partial charge in [0.2, 0.25) is 0 Å². The number of unbranched alkanes of at least 4 members (excludes halogenated alkanes) is 1. The molecule has 4 N–H and O–H groups in total. The number of aromatic nitrogens is 2. The Morgan fingerprint density at radius 2 is 1.57 bits per heavy atom. The number of hydrogen-bond acceptors (Lipinski definition) is 7. The Morgan fingerprint density at radius 1 is 0.852 bits per heavy atom. The van der Waals surface area contributed by atoms with Gasteiger partial charge in [0.15, 0.2) is 0 Å². The van der Waals surface area contributed by atoms with Gasteiger partial charge in [-0.05, 0) is 155 Å². The van der Waals surface area contributed by atoms with Crippen LogP contribution in [0.25, 0.3) is 0 Å². The van der Waals surface area contributed by atoms with Crippen molar-refractivity contribution in [2.24, 2.45) is 46.3 Å². The Hall–Kier alpha value is -2.48. The summed E-state index contributed by atoms with van der Waals surface area (Å²) in [7, 11) is 4.30. The molecule has 2 heterocycles. The first-order valence-electron chi connectivity index (χ1n) is 22.1. The van der Waals surface area contributed by atoms with Gasteiger partial charge in [-0.25, -0.2) is 0 Å². The number of nitrogens with two attached hydrogens (primary N) is 1. The molecule has 0 aromatic carbocycles. The average molecular weight is 740 g/mol. The molecule has 4 aliphatic rings. The zero-order chi connectivity index (χ0) is 38.3. The van der Waals surface area contributed by atoms with E-state index < -0.39 is 0 Å². The van der Waals surface area contributed by atoms with E-state index in [1.807, 2.05) is 23.9 Å². The van der Waals surface area contributed by atoms with Gasteiger partial charge in [0.25, 0.3) is 0 Å². The van der Waals surface area contributed by atoms with E-state index in [1.165, 1.54) is 89.2 Å². The van der Waals surface area contributed by atoms with Crippen LogP contribution in [0.3, 0.4) is 0 Å². The maximum absolute atomic E-state index is 5.92. The predicted molar refractivity (Wildman–Crippen MR) is 228 cm³/mol. The molecule has 0 saturated heterocycles. The third kappa shape index (κ3) is 10.1. The highest BCUT2D eigenvalue weighted by Gasteiger charge is 2.60. The molecule has 3 fully saturated rings. The summed E-state index contributed by atoms with van der Waals surface area (Å²) in [5.41, 5.74) is 12.7. The quantitative estimate of drug-likeness (QED) is 0.0978. The molecule has 4 aliphatic carbocycles. The van der Waals surface area contributed by atoms with Crippen LogP contribution in [-0.2, 0) is 13.1 Å².